The van der Waals surface area contributed by atoms with Crippen LogP contribution in [0.5, 0.6) is 0 Å². The van der Waals surface area contributed by atoms with Gasteiger partial charge in [-0.3, -0.25) is 4.79 Å². The minimum absolute atomic E-state index is 0. The number of nitrogens with one attached hydrogen (secondary N) is 1. The highest BCUT2D eigenvalue weighted by Crippen LogP contribution is 2.13. The maximum atomic E-state index is 12.8. The fourth-order valence-electron chi connectivity index (χ4n) is 4.69. The zero-order valence-corrected chi connectivity index (χ0v) is 28.0. The molecule has 44 heavy (non-hydrogen) atoms. The lowest BCUT2D eigenvalue weighted by molar-refractivity contribution is -0.701. The van der Waals surface area contributed by atoms with E-state index in [9.17, 15) is 14.4 Å². The molecule has 0 fully saturated rings. The van der Waals surface area contributed by atoms with Crippen LogP contribution in [0.1, 0.15) is 136 Å². The van der Waals surface area contributed by atoms with Crippen molar-refractivity contribution in [1.82, 2.24) is 10.2 Å². The van der Waals surface area contributed by atoms with E-state index >= 15 is 0 Å². The molecule has 1 aromatic heterocycles. The molecule has 1 heterocycles. The summed E-state index contributed by atoms with van der Waals surface area (Å²) in [6.45, 7) is -2.85. The summed E-state index contributed by atoms with van der Waals surface area (Å²) in [6.07, 6.45) is 19.2. The molecule has 0 aliphatic heterocycles. The van der Waals surface area contributed by atoms with Gasteiger partial charge in [0.05, 0.1) is 0 Å². The van der Waals surface area contributed by atoms with Crippen LogP contribution < -0.4 is 22.3 Å². The van der Waals surface area contributed by atoms with Crippen LogP contribution in [0, 0.1) is 0 Å². The largest absolute Gasteiger partial charge is 1.00 e. The van der Waals surface area contributed by atoms with Gasteiger partial charge in [-0.2, -0.15) is 0 Å². The van der Waals surface area contributed by atoms with Gasteiger partial charge in [-0.15, -0.1) is 0 Å². The summed E-state index contributed by atoms with van der Waals surface area (Å²) in [7, 11) is 1.36. The highest BCUT2D eigenvalue weighted by Gasteiger charge is 2.25. The Hall–Kier alpha value is -2.39. The number of carbonyl (C=O) groups excluding carboxylic acids is 3. The van der Waals surface area contributed by atoms with Gasteiger partial charge >= 0.3 is 12.2 Å². The molecule has 254 valence electrons. The normalized spacial score (nSPS) is 13.7. The maximum absolute atomic E-state index is 12.8. The van der Waals surface area contributed by atoms with Crippen LogP contribution in [-0.2, 0) is 32.0 Å². The first-order valence-electron chi connectivity index (χ1n) is 18.7. The van der Waals surface area contributed by atoms with E-state index in [-0.39, 0.29) is 31.3 Å². The first-order chi connectivity index (χ1) is 22.8. The molecule has 0 aliphatic carbocycles. The second-order valence-electron chi connectivity index (χ2n) is 11.0. The minimum Gasteiger partial charge on any atom is -1.00 e. The van der Waals surface area contributed by atoms with Crippen LogP contribution in [0.4, 0.5) is 9.59 Å². The standard InChI is InChI=1S/C34H59N3O6.ClH/c1-5-7-8-9-10-11-12-13-14-15-16-17-18-19-20-22-25-35-33(39)42-28-32(41-4)29-43-34(40)37(30(3)38)27-31-24-21-23-26-36(31)6-2;/h21,23-24,26,32H,5-20,22,25,27-29H2,1-4H3;1H/i2D3,6D2;. The van der Waals surface area contributed by atoms with Crippen molar-refractivity contribution < 1.29 is 52.4 Å². The zero-order valence-electron chi connectivity index (χ0n) is 32.3. The number of unbranched alkanes of at least 4 members (excludes halogenated alkanes) is 15. The third kappa shape index (κ3) is 20.5. The number of hydrogen-bond donors (Lipinski definition) is 1. The van der Waals surface area contributed by atoms with Gasteiger partial charge in [0.15, 0.2) is 6.20 Å². The molecule has 1 rings (SSSR count). The van der Waals surface area contributed by atoms with Crippen LogP contribution in [-0.4, -0.2) is 56.0 Å². The molecule has 1 unspecified atom stereocenters. The van der Waals surface area contributed by atoms with E-state index < -0.39 is 44.1 Å². The number of carbonyl (C=O) groups is 3. The Balaban J connectivity index is 0.0000230. The Morgan fingerprint density at radius 1 is 0.886 bits per heavy atom. The lowest BCUT2D eigenvalue weighted by atomic mass is 10.0. The number of nitrogens with zero attached hydrogens (tertiary/aromatic N) is 2. The Labute approximate surface area is 280 Å². The molecule has 0 spiro atoms. The SMILES string of the molecule is [2H]C([2H])([2H])C([2H])([2H])[n+]1ccccc1CN(C(C)=O)C(=O)OCC(COC(=O)NCCCCCCCCCCCCCCCCCC)OC.[Cl-]. The third-order valence-corrected chi connectivity index (χ3v) is 7.41. The van der Waals surface area contributed by atoms with Gasteiger partial charge in [-0.05, 0) is 13.3 Å². The Morgan fingerprint density at radius 2 is 1.43 bits per heavy atom. The van der Waals surface area contributed by atoms with Crippen LogP contribution in [0.15, 0.2) is 24.4 Å². The van der Waals surface area contributed by atoms with E-state index in [0.717, 1.165) is 35.7 Å². The summed E-state index contributed by atoms with van der Waals surface area (Å²) in [4.78, 5) is 37.9. The van der Waals surface area contributed by atoms with Gasteiger partial charge < -0.3 is 31.9 Å². The number of methoxy groups -OCH3 is 1. The topological polar surface area (TPSA) is 98.1 Å². The van der Waals surface area contributed by atoms with E-state index in [1.807, 2.05) is 0 Å². The lowest BCUT2D eigenvalue weighted by Gasteiger charge is -2.20. The van der Waals surface area contributed by atoms with Gasteiger partial charge in [0.2, 0.25) is 11.6 Å². The second-order valence-corrected chi connectivity index (χ2v) is 11.0. The van der Waals surface area contributed by atoms with Gasteiger partial charge in [0, 0.05) is 36.8 Å². The highest BCUT2D eigenvalue weighted by molar-refractivity contribution is 5.90. The Morgan fingerprint density at radius 3 is 1.95 bits per heavy atom. The minimum atomic E-state index is -3.00. The van der Waals surface area contributed by atoms with Crippen molar-refractivity contribution in [1.29, 1.82) is 0 Å². The Kier molecular flexibility index (Phi) is 21.1. The van der Waals surface area contributed by atoms with E-state index in [1.54, 1.807) is 0 Å². The molecule has 0 saturated carbocycles. The van der Waals surface area contributed by atoms with Crippen LogP contribution in [0.3, 0.4) is 0 Å². The summed E-state index contributed by atoms with van der Waals surface area (Å²) < 4.78 is 55.4. The number of imide groups is 1. The first-order valence-corrected chi connectivity index (χ1v) is 16.2. The van der Waals surface area contributed by atoms with Gasteiger partial charge in [0.25, 0.3) is 0 Å². The molecular formula is C34H60ClN3O6. The van der Waals surface area contributed by atoms with E-state index in [1.165, 1.54) is 115 Å². The van der Waals surface area contributed by atoms with Gasteiger partial charge in [-0.1, -0.05) is 109 Å². The smallest absolute Gasteiger partial charge is 0.417 e. The van der Waals surface area contributed by atoms with Crippen molar-refractivity contribution in [3.63, 3.8) is 0 Å². The van der Waals surface area contributed by atoms with Crippen molar-refractivity contribution in [3.05, 3.63) is 30.1 Å². The molecule has 0 aliphatic rings. The van der Waals surface area contributed by atoms with Crippen molar-refractivity contribution >= 4 is 18.1 Å². The lowest BCUT2D eigenvalue weighted by Crippen LogP contribution is -3.00. The number of halogens is 1. The van der Waals surface area contributed by atoms with Crippen molar-refractivity contribution in [2.24, 2.45) is 0 Å². The average Bonchev–Trinajstić information content (AvgIpc) is 3.04. The molecule has 3 amide bonds. The van der Waals surface area contributed by atoms with Crippen LogP contribution in [0.2, 0.25) is 0 Å². The van der Waals surface area contributed by atoms with E-state index in [4.69, 9.17) is 21.1 Å². The molecule has 1 N–H and O–H groups in total. The van der Waals surface area contributed by atoms with Crippen molar-refractivity contribution in [2.45, 2.75) is 143 Å². The number of alkyl carbamates (subject to hydrolysis) is 1. The number of aromatic nitrogens is 1. The number of hydrogen-bond acceptors (Lipinski definition) is 6. The number of rotatable bonds is 25. The summed E-state index contributed by atoms with van der Waals surface area (Å²) in [6, 6.07) is 4.40. The van der Waals surface area contributed by atoms with Crippen LogP contribution >= 0.6 is 0 Å². The maximum Gasteiger partial charge on any atom is 0.417 e. The van der Waals surface area contributed by atoms with Gasteiger partial charge in [0.1, 0.15) is 35.1 Å². The predicted molar refractivity (Wildman–Crippen MR) is 170 cm³/mol. The molecule has 1 aromatic rings. The number of amides is 3. The molecule has 0 aromatic carbocycles. The van der Waals surface area contributed by atoms with E-state index in [0.29, 0.717) is 6.54 Å². The fraction of sp³-hybridized carbons (Fsp3) is 0.765. The summed E-state index contributed by atoms with van der Waals surface area (Å²) in [5.41, 5.74) is 0.0680. The molecule has 0 saturated heterocycles. The summed E-state index contributed by atoms with van der Waals surface area (Å²) in [5.74, 6) is -0.691. The Bertz CT molecular complexity index is 1070. The first kappa shape index (κ1) is 33.0. The molecule has 9 nitrogen and oxygen atoms in total. The zero-order chi connectivity index (χ0) is 35.8. The third-order valence-electron chi connectivity index (χ3n) is 7.41. The molecule has 1 atom stereocenters. The molecule has 0 radical (unpaired) electrons. The quantitative estimate of drug-likeness (QED) is 0.124. The summed E-state index contributed by atoms with van der Waals surface area (Å²) >= 11 is 0. The number of pyridine rings is 1. The molecule has 10 heteroatoms. The van der Waals surface area contributed by atoms with E-state index in [2.05, 4.69) is 12.2 Å². The number of aryl methyl sites for hydroxylation is 1. The van der Waals surface area contributed by atoms with Crippen LogP contribution in [0.25, 0.3) is 0 Å². The molecule has 0 bridgehead atoms. The van der Waals surface area contributed by atoms with Crippen molar-refractivity contribution in [3.8, 4) is 0 Å². The number of ether oxygens (including phenoxy) is 3. The fourth-order valence-corrected chi connectivity index (χ4v) is 4.69. The second kappa shape index (κ2) is 28.1. The monoisotopic (exact) mass is 646 g/mol. The van der Waals surface area contributed by atoms with Gasteiger partial charge in [-0.25, -0.2) is 19.1 Å². The average molecular weight is 647 g/mol. The summed E-state index contributed by atoms with van der Waals surface area (Å²) in [5, 5.41) is 2.71. The van der Waals surface area contributed by atoms with Crippen molar-refractivity contribution in [2.75, 3.05) is 26.9 Å². The highest BCUT2D eigenvalue weighted by atomic mass is 35.5. The predicted octanol–water partition coefficient (Wildman–Crippen LogP) is 4.49. The molecular weight excluding hydrogens is 582 g/mol.